The van der Waals surface area contributed by atoms with Gasteiger partial charge in [-0.2, -0.15) is 5.26 Å². The first-order valence-electron chi connectivity index (χ1n) is 5.70. The van der Waals surface area contributed by atoms with E-state index in [1.165, 1.54) is 7.11 Å². The third-order valence-electron chi connectivity index (χ3n) is 2.78. The van der Waals surface area contributed by atoms with Crippen molar-refractivity contribution in [2.75, 3.05) is 27.4 Å². The molecule has 5 nitrogen and oxygen atoms in total. The van der Waals surface area contributed by atoms with E-state index in [1.54, 1.807) is 19.2 Å². The van der Waals surface area contributed by atoms with Crippen LogP contribution in [0.3, 0.4) is 0 Å². The first-order valence-corrected chi connectivity index (χ1v) is 5.70. The van der Waals surface area contributed by atoms with Crippen LogP contribution in [0, 0.1) is 11.3 Å². The minimum atomic E-state index is -0.571. The van der Waals surface area contributed by atoms with Gasteiger partial charge in [0.2, 0.25) is 0 Å². The van der Waals surface area contributed by atoms with Gasteiger partial charge in [-0.05, 0) is 18.6 Å². The molecular formula is C13H15NO4. The van der Waals surface area contributed by atoms with Crippen LogP contribution in [0.2, 0.25) is 0 Å². The monoisotopic (exact) mass is 249 g/mol. The Morgan fingerprint density at radius 2 is 1.78 bits per heavy atom. The second-order valence-corrected chi connectivity index (χ2v) is 3.80. The number of nitrogens with zero attached hydrogens (tertiary/aromatic N) is 1. The number of rotatable bonds is 3. The minimum Gasteiger partial charge on any atom is -0.496 e. The summed E-state index contributed by atoms with van der Waals surface area (Å²) in [5.74, 6) is 1.06. The van der Waals surface area contributed by atoms with Crippen LogP contribution in [0.5, 0.6) is 11.5 Å². The summed E-state index contributed by atoms with van der Waals surface area (Å²) in [6, 6.07) is 5.57. The molecule has 0 N–H and O–H groups in total. The standard InChI is InChI=1S/C13H15NO4/c1-15-10-4-5-11(16-2)12(9(10)8-14)13-17-6-3-7-18-13/h4-5,13H,3,6-7H2,1-2H3. The lowest BCUT2D eigenvalue weighted by atomic mass is 10.0. The number of hydrogen-bond acceptors (Lipinski definition) is 5. The smallest absolute Gasteiger partial charge is 0.188 e. The van der Waals surface area contributed by atoms with E-state index in [1.807, 2.05) is 0 Å². The lowest BCUT2D eigenvalue weighted by molar-refractivity contribution is -0.183. The topological polar surface area (TPSA) is 60.7 Å². The highest BCUT2D eigenvalue weighted by molar-refractivity contribution is 5.55. The summed E-state index contributed by atoms with van der Waals surface area (Å²) < 4.78 is 21.5. The number of hydrogen-bond donors (Lipinski definition) is 0. The first-order chi connectivity index (χ1) is 8.81. The van der Waals surface area contributed by atoms with Gasteiger partial charge in [0.25, 0.3) is 0 Å². The average Bonchev–Trinajstić information content (AvgIpc) is 2.46. The molecule has 1 aliphatic rings. The third-order valence-corrected chi connectivity index (χ3v) is 2.78. The Balaban J connectivity index is 2.50. The number of nitriles is 1. The van der Waals surface area contributed by atoms with E-state index in [-0.39, 0.29) is 0 Å². The molecule has 0 aliphatic carbocycles. The molecule has 1 fully saturated rings. The van der Waals surface area contributed by atoms with Crippen LogP contribution in [0.15, 0.2) is 12.1 Å². The molecule has 0 unspecified atom stereocenters. The highest BCUT2D eigenvalue weighted by atomic mass is 16.7. The summed E-state index contributed by atoms with van der Waals surface area (Å²) >= 11 is 0. The summed E-state index contributed by atoms with van der Waals surface area (Å²) in [6.45, 7) is 1.21. The quantitative estimate of drug-likeness (QED) is 0.820. The molecule has 1 saturated heterocycles. The SMILES string of the molecule is COc1ccc(OC)c(C2OCCCO2)c1C#N. The molecule has 0 amide bonds. The fourth-order valence-electron chi connectivity index (χ4n) is 1.93. The summed E-state index contributed by atoms with van der Waals surface area (Å²) in [6.07, 6.45) is 0.281. The lowest BCUT2D eigenvalue weighted by Crippen LogP contribution is -2.19. The minimum absolute atomic E-state index is 0.392. The van der Waals surface area contributed by atoms with Crippen molar-refractivity contribution in [1.29, 1.82) is 5.26 Å². The normalized spacial score (nSPS) is 16.1. The predicted molar refractivity (Wildman–Crippen MR) is 63.5 cm³/mol. The summed E-state index contributed by atoms with van der Waals surface area (Å²) in [5.41, 5.74) is 0.989. The van der Waals surface area contributed by atoms with E-state index >= 15 is 0 Å². The van der Waals surface area contributed by atoms with E-state index in [4.69, 9.17) is 18.9 Å². The Labute approximate surface area is 106 Å². The molecule has 1 aromatic rings. The van der Waals surface area contributed by atoms with Crippen LogP contribution in [-0.4, -0.2) is 27.4 Å². The van der Waals surface area contributed by atoms with Gasteiger partial charge in [-0.25, -0.2) is 0 Å². The highest BCUT2D eigenvalue weighted by Crippen LogP contribution is 2.37. The number of ether oxygens (including phenoxy) is 4. The molecule has 18 heavy (non-hydrogen) atoms. The van der Waals surface area contributed by atoms with Crippen molar-refractivity contribution in [2.45, 2.75) is 12.7 Å². The number of benzene rings is 1. The number of methoxy groups -OCH3 is 2. The maximum atomic E-state index is 9.28. The zero-order valence-corrected chi connectivity index (χ0v) is 10.4. The fourth-order valence-corrected chi connectivity index (χ4v) is 1.93. The molecule has 1 heterocycles. The molecule has 0 spiro atoms. The lowest BCUT2D eigenvalue weighted by Gasteiger charge is -2.26. The molecule has 0 bridgehead atoms. The summed E-state index contributed by atoms with van der Waals surface area (Å²) in [4.78, 5) is 0. The van der Waals surface area contributed by atoms with E-state index in [0.29, 0.717) is 35.8 Å². The largest absolute Gasteiger partial charge is 0.496 e. The van der Waals surface area contributed by atoms with Gasteiger partial charge in [0.1, 0.15) is 23.1 Å². The van der Waals surface area contributed by atoms with Crippen LogP contribution < -0.4 is 9.47 Å². The third kappa shape index (κ3) is 2.26. The molecular weight excluding hydrogens is 234 g/mol. The Morgan fingerprint density at radius 3 is 2.33 bits per heavy atom. The fraction of sp³-hybridized carbons (Fsp3) is 0.462. The molecule has 5 heteroatoms. The van der Waals surface area contributed by atoms with Crippen LogP contribution in [0.4, 0.5) is 0 Å². The van der Waals surface area contributed by atoms with Gasteiger partial charge in [0.15, 0.2) is 6.29 Å². The maximum absolute atomic E-state index is 9.28. The summed E-state index contributed by atoms with van der Waals surface area (Å²) in [5, 5.41) is 9.28. The summed E-state index contributed by atoms with van der Waals surface area (Å²) in [7, 11) is 3.07. The van der Waals surface area contributed by atoms with Gasteiger partial charge in [-0.1, -0.05) is 0 Å². The van der Waals surface area contributed by atoms with Gasteiger partial charge in [0, 0.05) is 0 Å². The van der Waals surface area contributed by atoms with Crippen molar-refractivity contribution in [2.24, 2.45) is 0 Å². The molecule has 0 saturated carbocycles. The second-order valence-electron chi connectivity index (χ2n) is 3.80. The van der Waals surface area contributed by atoms with Crippen LogP contribution in [-0.2, 0) is 9.47 Å². The van der Waals surface area contributed by atoms with Crippen LogP contribution >= 0.6 is 0 Å². The van der Waals surface area contributed by atoms with E-state index in [9.17, 15) is 5.26 Å². The average molecular weight is 249 g/mol. The van der Waals surface area contributed by atoms with E-state index in [2.05, 4.69) is 6.07 Å². The van der Waals surface area contributed by atoms with Crippen molar-refractivity contribution in [1.82, 2.24) is 0 Å². The van der Waals surface area contributed by atoms with Gasteiger partial charge in [-0.15, -0.1) is 0 Å². The first kappa shape index (κ1) is 12.7. The molecule has 0 atom stereocenters. The Kier molecular flexibility index (Phi) is 4.03. The zero-order chi connectivity index (χ0) is 13.0. The van der Waals surface area contributed by atoms with Crippen LogP contribution in [0.25, 0.3) is 0 Å². The Hall–Kier alpha value is -1.77. The van der Waals surface area contributed by atoms with Gasteiger partial charge < -0.3 is 18.9 Å². The van der Waals surface area contributed by atoms with Crippen molar-refractivity contribution in [3.05, 3.63) is 23.3 Å². The van der Waals surface area contributed by atoms with Crippen molar-refractivity contribution >= 4 is 0 Å². The Bertz CT molecular complexity index is 461. The molecule has 0 aromatic heterocycles. The van der Waals surface area contributed by atoms with Crippen molar-refractivity contribution in [3.8, 4) is 17.6 Å². The highest BCUT2D eigenvalue weighted by Gasteiger charge is 2.26. The zero-order valence-electron chi connectivity index (χ0n) is 10.4. The van der Waals surface area contributed by atoms with Gasteiger partial charge >= 0.3 is 0 Å². The second kappa shape index (κ2) is 5.71. The van der Waals surface area contributed by atoms with Crippen LogP contribution in [0.1, 0.15) is 23.8 Å². The molecule has 0 radical (unpaired) electrons. The van der Waals surface area contributed by atoms with E-state index < -0.39 is 6.29 Å². The Morgan fingerprint density at radius 1 is 1.17 bits per heavy atom. The molecule has 96 valence electrons. The molecule has 1 aliphatic heterocycles. The molecule has 1 aromatic carbocycles. The van der Waals surface area contributed by atoms with Crippen molar-refractivity contribution in [3.63, 3.8) is 0 Å². The van der Waals surface area contributed by atoms with Gasteiger partial charge in [-0.3, -0.25) is 0 Å². The molecule has 2 rings (SSSR count). The van der Waals surface area contributed by atoms with E-state index in [0.717, 1.165) is 6.42 Å². The predicted octanol–water partition coefficient (Wildman–Crippen LogP) is 2.01. The van der Waals surface area contributed by atoms with Gasteiger partial charge in [0.05, 0.1) is 33.0 Å². The van der Waals surface area contributed by atoms with Crippen molar-refractivity contribution < 1.29 is 18.9 Å². The maximum Gasteiger partial charge on any atom is 0.188 e.